The summed E-state index contributed by atoms with van der Waals surface area (Å²) in [6.45, 7) is 3.88. The van der Waals surface area contributed by atoms with Crippen molar-refractivity contribution in [1.29, 1.82) is 0 Å². The molecule has 3 aromatic rings. The van der Waals surface area contributed by atoms with Gasteiger partial charge in [-0.2, -0.15) is 0 Å². The van der Waals surface area contributed by atoms with Crippen LogP contribution in [0, 0.1) is 0 Å². The zero-order chi connectivity index (χ0) is 22.6. The van der Waals surface area contributed by atoms with Crippen molar-refractivity contribution in [3.05, 3.63) is 94.2 Å². The van der Waals surface area contributed by atoms with Crippen LogP contribution >= 0.6 is 0 Å². The molecule has 0 saturated heterocycles. The van der Waals surface area contributed by atoms with Crippen molar-refractivity contribution < 1.29 is 23.5 Å². The summed E-state index contributed by atoms with van der Waals surface area (Å²) < 4.78 is 16.3. The molecule has 0 saturated carbocycles. The molecule has 1 atom stereocenters. The van der Waals surface area contributed by atoms with Gasteiger partial charge in [-0.3, -0.25) is 4.79 Å². The first kappa shape index (κ1) is 19.6. The Morgan fingerprint density at radius 3 is 2.66 bits per heavy atom. The average Bonchev–Trinajstić information content (AvgIpc) is 3.02. The summed E-state index contributed by atoms with van der Waals surface area (Å²) >= 11 is 0. The third-order valence-corrected chi connectivity index (χ3v) is 5.84. The van der Waals surface area contributed by atoms with E-state index in [-0.39, 0.29) is 34.9 Å². The minimum absolute atomic E-state index is 0.0746. The van der Waals surface area contributed by atoms with Crippen LogP contribution in [0.25, 0.3) is 11.0 Å². The van der Waals surface area contributed by atoms with Crippen LogP contribution in [0.1, 0.15) is 11.1 Å². The minimum Gasteiger partial charge on any atom is -0.465 e. The Morgan fingerprint density at radius 2 is 1.91 bits per heavy atom. The lowest BCUT2D eigenvalue weighted by Crippen LogP contribution is -2.50. The number of methoxy groups -OCH3 is 1. The second-order valence-corrected chi connectivity index (χ2v) is 7.39. The van der Waals surface area contributed by atoms with Crippen molar-refractivity contribution >= 4 is 28.5 Å². The first-order valence-corrected chi connectivity index (χ1v) is 9.81. The number of para-hydroxylation sites is 2. The van der Waals surface area contributed by atoms with Gasteiger partial charge in [-0.15, -0.1) is 6.58 Å². The summed E-state index contributed by atoms with van der Waals surface area (Å²) in [6, 6.07) is 13.6. The Bertz CT molecular complexity index is 1420. The van der Waals surface area contributed by atoms with Gasteiger partial charge in [-0.1, -0.05) is 36.4 Å². The second kappa shape index (κ2) is 6.84. The standard InChI is InChI=1S/C24H18N2O6/c1-3-12-26-15-10-6-5-9-14(15)24(23(26)29)17-19(32-20(25)18(24)21(27)30-2)13-8-4-7-11-16(13)31-22(17)28/h3-11H,1,12,25H2,2H3/t24-/m1/s1. The monoisotopic (exact) mass is 430 g/mol. The number of ether oxygens (including phenoxy) is 2. The van der Waals surface area contributed by atoms with Crippen molar-refractivity contribution in [2.75, 3.05) is 18.6 Å². The zero-order valence-corrected chi connectivity index (χ0v) is 17.1. The van der Waals surface area contributed by atoms with Crippen LogP contribution in [0.15, 0.2) is 81.9 Å². The number of esters is 1. The Hall–Kier alpha value is -4.33. The Kier molecular flexibility index (Phi) is 4.20. The van der Waals surface area contributed by atoms with Crippen LogP contribution in [0.4, 0.5) is 5.69 Å². The number of nitrogens with zero attached hydrogens (tertiary/aromatic N) is 1. The lowest BCUT2D eigenvalue weighted by Gasteiger charge is -2.35. The first-order chi connectivity index (χ1) is 15.5. The number of hydrogen-bond donors (Lipinski definition) is 1. The molecule has 3 heterocycles. The highest BCUT2D eigenvalue weighted by molar-refractivity contribution is 6.19. The molecule has 1 aromatic heterocycles. The smallest absolute Gasteiger partial charge is 0.345 e. The second-order valence-electron chi connectivity index (χ2n) is 7.39. The van der Waals surface area contributed by atoms with Gasteiger partial charge in [-0.05, 0) is 18.2 Å². The Balaban J connectivity index is 2.00. The lowest BCUT2D eigenvalue weighted by atomic mass is 9.68. The fourth-order valence-electron chi connectivity index (χ4n) is 4.62. The van der Waals surface area contributed by atoms with Crippen molar-refractivity contribution in [3.8, 4) is 5.75 Å². The molecule has 0 unspecified atom stereocenters. The molecule has 5 rings (SSSR count). The van der Waals surface area contributed by atoms with Crippen LogP contribution in [0.3, 0.4) is 0 Å². The van der Waals surface area contributed by atoms with E-state index in [0.717, 1.165) is 0 Å². The van der Waals surface area contributed by atoms with Crippen LogP contribution in [-0.4, -0.2) is 25.5 Å². The summed E-state index contributed by atoms with van der Waals surface area (Å²) in [5, 5.41) is 0.445. The summed E-state index contributed by atoms with van der Waals surface area (Å²) in [5.41, 5.74) is 4.35. The quantitative estimate of drug-likeness (QED) is 0.386. The molecule has 2 aliphatic rings. The minimum atomic E-state index is -1.89. The predicted molar refractivity (Wildman–Crippen MR) is 116 cm³/mol. The molecule has 160 valence electrons. The molecule has 0 bridgehead atoms. The number of nitrogens with two attached hydrogens (primary N) is 1. The predicted octanol–water partition coefficient (Wildman–Crippen LogP) is 2.35. The molecule has 2 aliphatic heterocycles. The van der Waals surface area contributed by atoms with Gasteiger partial charge >= 0.3 is 11.6 Å². The van der Waals surface area contributed by atoms with Crippen LogP contribution in [0.5, 0.6) is 5.75 Å². The maximum absolute atomic E-state index is 14.1. The van der Waals surface area contributed by atoms with E-state index < -0.39 is 22.9 Å². The maximum Gasteiger partial charge on any atom is 0.345 e. The van der Waals surface area contributed by atoms with Gasteiger partial charge in [0.1, 0.15) is 22.1 Å². The molecule has 0 radical (unpaired) electrons. The van der Waals surface area contributed by atoms with E-state index in [0.29, 0.717) is 16.6 Å². The number of anilines is 1. The normalized spacial score (nSPS) is 19.0. The van der Waals surface area contributed by atoms with E-state index in [2.05, 4.69) is 6.58 Å². The molecule has 1 spiro atoms. The van der Waals surface area contributed by atoms with Crippen molar-refractivity contribution in [2.45, 2.75) is 5.41 Å². The van der Waals surface area contributed by atoms with Crippen LogP contribution < -0.4 is 21.0 Å². The van der Waals surface area contributed by atoms with E-state index in [1.807, 2.05) is 0 Å². The highest BCUT2D eigenvalue weighted by Gasteiger charge is 2.62. The third kappa shape index (κ3) is 2.29. The number of carbonyl (C=O) groups excluding carboxylic acids is 2. The van der Waals surface area contributed by atoms with Gasteiger partial charge in [0.25, 0.3) is 0 Å². The number of benzene rings is 2. The third-order valence-electron chi connectivity index (χ3n) is 5.84. The molecule has 2 aromatic carbocycles. The van der Waals surface area contributed by atoms with Gasteiger partial charge < -0.3 is 24.5 Å². The number of rotatable bonds is 3. The van der Waals surface area contributed by atoms with Gasteiger partial charge in [0, 0.05) is 17.8 Å². The largest absolute Gasteiger partial charge is 0.465 e. The van der Waals surface area contributed by atoms with Crippen molar-refractivity contribution in [2.24, 2.45) is 5.73 Å². The fraction of sp³-hybridized carbons (Fsp3) is 0.125. The van der Waals surface area contributed by atoms with E-state index in [4.69, 9.17) is 19.6 Å². The number of carbonyl (C=O) groups is 2. The van der Waals surface area contributed by atoms with Gasteiger partial charge in [0.15, 0.2) is 5.75 Å². The highest BCUT2D eigenvalue weighted by atomic mass is 16.5. The Labute approximate surface area is 182 Å². The fourth-order valence-corrected chi connectivity index (χ4v) is 4.62. The number of hydrogen-bond acceptors (Lipinski definition) is 7. The van der Waals surface area contributed by atoms with Crippen LogP contribution in [0.2, 0.25) is 0 Å². The summed E-state index contributed by atoms with van der Waals surface area (Å²) in [5.74, 6) is -1.67. The molecular formula is C24H18N2O6. The van der Waals surface area contributed by atoms with Crippen molar-refractivity contribution in [1.82, 2.24) is 0 Å². The average molecular weight is 430 g/mol. The molecule has 8 nitrogen and oxygen atoms in total. The number of fused-ring (bicyclic) bond motifs is 6. The molecule has 0 aliphatic carbocycles. The highest BCUT2D eigenvalue weighted by Crippen LogP contribution is 2.55. The lowest BCUT2D eigenvalue weighted by molar-refractivity contribution is -0.138. The maximum atomic E-state index is 14.1. The molecular weight excluding hydrogens is 412 g/mol. The van der Waals surface area contributed by atoms with Crippen molar-refractivity contribution in [3.63, 3.8) is 0 Å². The summed E-state index contributed by atoms with van der Waals surface area (Å²) in [4.78, 5) is 41.9. The van der Waals surface area contributed by atoms with E-state index in [1.165, 1.54) is 12.0 Å². The SMILES string of the molecule is C=CCN1C(=O)[C@]2(C(C(=O)OC)=C(N)Oc3c2c(=O)oc2ccccc32)c2ccccc21. The summed E-state index contributed by atoms with van der Waals surface area (Å²) in [6.07, 6.45) is 1.56. The number of amides is 1. The topological polar surface area (TPSA) is 112 Å². The molecule has 1 amide bonds. The van der Waals surface area contributed by atoms with Gasteiger partial charge in [0.2, 0.25) is 11.8 Å². The van der Waals surface area contributed by atoms with E-state index in [9.17, 15) is 14.4 Å². The zero-order valence-electron chi connectivity index (χ0n) is 17.1. The molecule has 0 fully saturated rings. The van der Waals surface area contributed by atoms with E-state index in [1.54, 1.807) is 54.6 Å². The Morgan fingerprint density at radius 1 is 1.19 bits per heavy atom. The molecule has 32 heavy (non-hydrogen) atoms. The molecule has 2 N–H and O–H groups in total. The summed E-state index contributed by atoms with van der Waals surface area (Å²) in [7, 11) is 1.17. The first-order valence-electron chi connectivity index (χ1n) is 9.81. The van der Waals surface area contributed by atoms with Crippen LogP contribution in [-0.2, 0) is 19.7 Å². The van der Waals surface area contributed by atoms with E-state index >= 15 is 0 Å². The van der Waals surface area contributed by atoms with Gasteiger partial charge in [0.05, 0.1) is 12.5 Å². The molecule has 8 heteroatoms. The van der Waals surface area contributed by atoms with Gasteiger partial charge in [-0.25, -0.2) is 9.59 Å².